The van der Waals surface area contributed by atoms with Crippen molar-refractivity contribution in [3.8, 4) is 0 Å². The lowest BCUT2D eigenvalue weighted by molar-refractivity contribution is 0.188. The number of guanidine groups is 1. The van der Waals surface area contributed by atoms with E-state index in [2.05, 4.69) is 26.6 Å². The summed E-state index contributed by atoms with van der Waals surface area (Å²) < 4.78 is 0. The normalized spacial score (nSPS) is 21.1. The van der Waals surface area contributed by atoms with Crippen molar-refractivity contribution in [2.45, 2.75) is 19.8 Å². The van der Waals surface area contributed by atoms with Crippen molar-refractivity contribution in [3.63, 3.8) is 0 Å². The molecule has 0 spiro atoms. The van der Waals surface area contributed by atoms with E-state index in [1.54, 1.807) is 0 Å². The Balaban J connectivity index is 2.36. The number of aliphatic imine (C=N–C) groups is 1. The van der Waals surface area contributed by atoms with Gasteiger partial charge in [0, 0.05) is 41.3 Å². The number of piperidine rings is 1. The van der Waals surface area contributed by atoms with Crippen LogP contribution in [0.3, 0.4) is 0 Å². The molecule has 1 aliphatic heterocycles. The van der Waals surface area contributed by atoms with Crippen LogP contribution in [0.1, 0.15) is 19.8 Å². The molecule has 1 rings (SSSR count). The highest BCUT2D eigenvalue weighted by atomic mass is 15.3. The highest BCUT2D eigenvalue weighted by molar-refractivity contribution is 5.79. The van der Waals surface area contributed by atoms with E-state index in [4.69, 9.17) is 0 Å². The number of rotatable bonds is 3. The Labute approximate surface area is 106 Å². The van der Waals surface area contributed by atoms with Crippen molar-refractivity contribution in [1.82, 2.24) is 14.7 Å². The molecular weight excluding hydrogens is 212 g/mol. The molecule has 1 heterocycles. The predicted octanol–water partition coefficient (Wildman–Crippen LogP) is 1.20. The van der Waals surface area contributed by atoms with E-state index in [1.165, 1.54) is 25.9 Å². The molecule has 17 heavy (non-hydrogen) atoms. The van der Waals surface area contributed by atoms with Gasteiger partial charge in [-0.25, -0.2) is 0 Å². The quantitative estimate of drug-likeness (QED) is 0.547. The fraction of sp³-hybridized carbons (Fsp3) is 0.923. The molecule has 0 bridgehead atoms. The monoisotopic (exact) mass is 240 g/mol. The van der Waals surface area contributed by atoms with Gasteiger partial charge in [-0.05, 0) is 25.3 Å². The van der Waals surface area contributed by atoms with Gasteiger partial charge >= 0.3 is 0 Å². The zero-order valence-electron chi connectivity index (χ0n) is 12.1. The number of nitrogens with zero attached hydrogens (tertiary/aromatic N) is 4. The van der Waals surface area contributed by atoms with E-state index in [0.29, 0.717) is 0 Å². The lowest BCUT2D eigenvalue weighted by atomic mass is 10.0. The first-order chi connectivity index (χ1) is 8.00. The summed E-state index contributed by atoms with van der Waals surface area (Å²) in [5, 5.41) is 0. The van der Waals surface area contributed by atoms with Crippen molar-refractivity contribution in [3.05, 3.63) is 0 Å². The average molecular weight is 240 g/mol. The second-order valence-corrected chi connectivity index (χ2v) is 5.52. The van der Waals surface area contributed by atoms with Crippen LogP contribution in [0.15, 0.2) is 4.99 Å². The first-order valence-electron chi connectivity index (χ1n) is 6.62. The molecule has 100 valence electrons. The molecule has 0 unspecified atom stereocenters. The highest BCUT2D eigenvalue weighted by Crippen LogP contribution is 2.14. The Bertz CT molecular complexity index is 238. The minimum atomic E-state index is 0.856. The minimum absolute atomic E-state index is 0.856. The summed E-state index contributed by atoms with van der Waals surface area (Å²) in [4.78, 5) is 11.3. The summed E-state index contributed by atoms with van der Waals surface area (Å²) in [6.07, 6.45) is 2.74. The fourth-order valence-electron chi connectivity index (χ4n) is 2.46. The van der Waals surface area contributed by atoms with Crippen LogP contribution in [-0.2, 0) is 0 Å². The van der Waals surface area contributed by atoms with Crippen molar-refractivity contribution in [2.24, 2.45) is 10.9 Å². The van der Waals surface area contributed by atoms with E-state index in [-0.39, 0.29) is 0 Å². The van der Waals surface area contributed by atoms with E-state index in [0.717, 1.165) is 25.0 Å². The van der Waals surface area contributed by atoms with E-state index < -0.39 is 0 Å². The van der Waals surface area contributed by atoms with Gasteiger partial charge in [0.2, 0.25) is 0 Å². The van der Waals surface area contributed by atoms with Gasteiger partial charge in [0.1, 0.15) is 0 Å². The van der Waals surface area contributed by atoms with Crippen molar-refractivity contribution in [2.75, 3.05) is 54.4 Å². The Kier molecular flexibility index (Phi) is 5.75. The second-order valence-electron chi connectivity index (χ2n) is 5.52. The van der Waals surface area contributed by atoms with Crippen molar-refractivity contribution in [1.29, 1.82) is 0 Å². The van der Waals surface area contributed by atoms with Crippen LogP contribution in [-0.4, -0.2) is 75.0 Å². The van der Waals surface area contributed by atoms with Crippen LogP contribution in [0.4, 0.5) is 0 Å². The molecule has 4 heteroatoms. The maximum absolute atomic E-state index is 4.67. The van der Waals surface area contributed by atoms with Crippen molar-refractivity contribution >= 4 is 5.96 Å². The van der Waals surface area contributed by atoms with E-state index in [9.17, 15) is 0 Å². The Morgan fingerprint density at radius 1 is 1.24 bits per heavy atom. The van der Waals surface area contributed by atoms with Gasteiger partial charge in [-0.1, -0.05) is 6.92 Å². The number of likely N-dealkylation sites (tertiary alicyclic amines) is 1. The lowest BCUT2D eigenvalue weighted by Gasteiger charge is -2.30. The van der Waals surface area contributed by atoms with Crippen LogP contribution >= 0.6 is 0 Å². The Morgan fingerprint density at radius 3 is 2.41 bits per heavy atom. The highest BCUT2D eigenvalue weighted by Gasteiger charge is 2.15. The average Bonchev–Trinajstić information content (AvgIpc) is 2.23. The van der Waals surface area contributed by atoms with Crippen LogP contribution in [0.25, 0.3) is 0 Å². The van der Waals surface area contributed by atoms with Crippen molar-refractivity contribution < 1.29 is 0 Å². The molecule has 0 N–H and O–H groups in total. The fourth-order valence-corrected chi connectivity index (χ4v) is 2.46. The summed E-state index contributed by atoms with van der Waals surface area (Å²) in [6.45, 7) is 6.84. The molecule has 0 aliphatic carbocycles. The summed E-state index contributed by atoms with van der Waals surface area (Å²) >= 11 is 0. The second kappa shape index (κ2) is 6.84. The summed E-state index contributed by atoms with van der Waals surface area (Å²) in [7, 11) is 8.17. The standard InChI is InChI=1S/C13H28N4/c1-12-7-6-9-17(11-12)10-8-14-13(15(2)3)16(4)5/h12H,6-11H2,1-5H3/t12-/m1/s1. The van der Waals surface area contributed by atoms with Gasteiger partial charge in [0.05, 0.1) is 6.54 Å². The molecule has 0 radical (unpaired) electrons. The molecule has 0 aromatic carbocycles. The lowest BCUT2D eigenvalue weighted by Crippen LogP contribution is -2.38. The molecule has 4 nitrogen and oxygen atoms in total. The Morgan fingerprint density at radius 2 is 1.88 bits per heavy atom. The van der Waals surface area contributed by atoms with Gasteiger partial charge < -0.3 is 14.7 Å². The van der Waals surface area contributed by atoms with Gasteiger partial charge in [0.15, 0.2) is 5.96 Å². The van der Waals surface area contributed by atoms with Crippen LogP contribution in [0.2, 0.25) is 0 Å². The summed E-state index contributed by atoms with van der Waals surface area (Å²) in [5.74, 6) is 1.91. The molecule has 0 aromatic heterocycles. The van der Waals surface area contributed by atoms with Crippen LogP contribution < -0.4 is 0 Å². The first kappa shape index (κ1) is 14.3. The third-order valence-electron chi connectivity index (χ3n) is 3.21. The van der Waals surface area contributed by atoms with Gasteiger partial charge in [-0.3, -0.25) is 4.99 Å². The van der Waals surface area contributed by atoms with Gasteiger partial charge in [-0.2, -0.15) is 0 Å². The molecule has 0 amide bonds. The zero-order chi connectivity index (χ0) is 12.8. The van der Waals surface area contributed by atoms with Gasteiger partial charge in [0.25, 0.3) is 0 Å². The topological polar surface area (TPSA) is 22.1 Å². The molecule has 1 fully saturated rings. The summed E-state index contributed by atoms with van der Waals surface area (Å²) in [5.41, 5.74) is 0. The van der Waals surface area contributed by atoms with Crippen LogP contribution in [0.5, 0.6) is 0 Å². The van der Waals surface area contributed by atoms with E-state index in [1.807, 2.05) is 28.2 Å². The minimum Gasteiger partial charge on any atom is -0.349 e. The molecule has 0 aromatic rings. The molecule has 1 saturated heterocycles. The number of hydrogen-bond donors (Lipinski definition) is 0. The third kappa shape index (κ3) is 4.94. The first-order valence-corrected chi connectivity index (χ1v) is 6.62. The van der Waals surface area contributed by atoms with Crippen LogP contribution in [0, 0.1) is 5.92 Å². The zero-order valence-corrected chi connectivity index (χ0v) is 12.1. The molecular formula is C13H28N4. The third-order valence-corrected chi connectivity index (χ3v) is 3.21. The smallest absolute Gasteiger partial charge is 0.195 e. The molecule has 1 atom stereocenters. The Hall–Kier alpha value is -0.770. The largest absolute Gasteiger partial charge is 0.349 e. The van der Waals surface area contributed by atoms with Gasteiger partial charge in [-0.15, -0.1) is 0 Å². The number of hydrogen-bond acceptors (Lipinski definition) is 2. The molecule has 1 aliphatic rings. The van der Waals surface area contributed by atoms with E-state index >= 15 is 0 Å². The summed E-state index contributed by atoms with van der Waals surface area (Å²) in [6, 6.07) is 0. The predicted molar refractivity (Wildman–Crippen MR) is 74.5 cm³/mol. The maximum atomic E-state index is 4.67. The SMILES string of the molecule is C[C@@H]1CCCN(CCN=C(N(C)C)N(C)C)C1. The molecule has 0 saturated carbocycles. The maximum Gasteiger partial charge on any atom is 0.195 e.